The molecule has 9 nitrogen and oxygen atoms in total. The van der Waals surface area contributed by atoms with E-state index in [0.717, 1.165) is 0 Å². The zero-order chi connectivity index (χ0) is 12.5. The van der Waals surface area contributed by atoms with E-state index < -0.39 is 0 Å². The molecule has 0 spiro atoms. The van der Waals surface area contributed by atoms with Crippen molar-refractivity contribution in [2.75, 3.05) is 0 Å². The largest absolute Gasteiger partial charge is 0.409 e. The molecule has 18 heavy (non-hydrogen) atoms. The van der Waals surface area contributed by atoms with Gasteiger partial charge in [0, 0.05) is 24.8 Å². The summed E-state index contributed by atoms with van der Waals surface area (Å²) in [6.07, 6.45) is 8.04. The second kappa shape index (κ2) is 3.80. The van der Waals surface area contributed by atoms with Crippen LogP contribution < -0.4 is 5.73 Å². The topological polar surface area (TPSA) is 120 Å². The first-order valence-electron chi connectivity index (χ1n) is 4.97. The maximum Gasteiger partial charge on any atom is 0.206 e. The molecule has 0 unspecified atom stereocenters. The van der Waals surface area contributed by atoms with Gasteiger partial charge in [0.2, 0.25) is 11.5 Å². The minimum Gasteiger partial charge on any atom is -0.409 e. The van der Waals surface area contributed by atoms with Crippen molar-refractivity contribution in [2.45, 2.75) is 0 Å². The molecule has 3 aromatic rings. The van der Waals surface area contributed by atoms with Crippen molar-refractivity contribution in [1.29, 1.82) is 0 Å². The Morgan fingerprint density at radius 1 is 1.28 bits per heavy atom. The maximum absolute atomic E-state index is 8.71. The van der Waals surface area contributed by atoms with Crippen molar-refractivity contribution in [2.24, 2.45) is 10.9 Å². The molecule has 3 heterocycles. The lowest BCUT2D eigenvalue weighted by Gasteiger charge is -2.05. The molecule has 0 aromatic carbocycles. The van der Waals surface area contributed by atoms with Crippen LogP contribution in [0.5, 0.6) is 0 Å². The molecular formula is C9H8N8O. The number of hydrogen-bond acceptors (Lipinski definition) is 6. The molecule has 0 aliphatic carbocycles. The SMILES string of the molecule is NC(=NO)c1nccn1-c1nccn2cnnc12. The van der Waals surface area contributed by atoms with E-state index >= 15 is 0 Å². The standard InChI is InChI=1S/C9H8N8O/c10-6(15-18)7-11-2-4-17(7)8-9-14-13-5-16(9)3-1-12-8/h1-5,18H,(H2,10,15). The second-order valence-corrected chi connectivity index (χ2v) is 3.42. The molecule has 0 aliphatic heterocycles. The Hall–Kier alpha value is -2.97. The average Bonchev–Trinajstić information content (AvgIpc) is 3.05. The van der Waals surface area contributed by atoms with Crippen molar-refractivity contribution in [3.63, 3.8) is 0 Å². The van der Waals surface area contributed by atoms with Crippen molar-refractivity contribution < 1.29 is 5.21 Å². The molecule has 0 radical (unpaired) electrons. The first-order chi connectivity index (χ1) is 8.81. The quantitative estimate of drug-likeness (QED) is 0.269. The predicted molar refractivity (Wildman–Crippen MR) is 60.4 cm³/mol. The van der Waals surface area contributed by atoms with Gasteiger partial charge in [-0.15, -0.1) is 10.2 Å². The summed E-state index contributed by atoms with van der Waals surface area (Å²) < 4.78 is 3.28. The Labute approximate surface area is 100 Å². The molecule has 0 atom stereocenters. The third kappa shape index (κ3) is 1.38. The average molecular weight is 244 g/mol. The summed E-state index contributed by atoms with van der Waals surface area (Å²) in [5, 5.41) is 19.4. The summed E-state index contributed by atoms with van der Waals surface area (Å²) >= 11 is 0. The Balaban J connectivity index is 2.27. The van der Waals surface area contributed by atoms with Crippen molar-refractivity contribution in [1.82, 2.24) is 29.1 Å². The van der Waals surface area contributed by atoms with E-state index in [4.69, 9.17) is 10.9 Å². The summed E-state index contributed by atoms with van der Waals surface area (Å²) in [6, 6.07) is 0. The van der Waals surface area contributed by atoms with Crippen LogP contribution in [0.2, 0.25) is 0 Å². The summed E-state index contributed by atoms with van der Waals surface area (Å²) in [7, 11) is 0. The number of fused-ring (bicyclic) bond motifs is 1. The third-order valence-corrected chi connectivity index (χ3v) is 2.40. The summed E-state index contributed by atoms with van der Waals surface area (Å²) in [5.74, 6) is 0.665. The second-order valence-electron chi connectivity index (χ2n) is 3.42. The molecule has 3 aromatic heterocycles. The van der Waals surface area contributed by atoms with Gasteiger partial charge >= 0.3 is 0 Å². The van der Waals surface area contributed by atoms with Gasteiger partial charge in [-0.3, -0.25) is 8.97 Å². The van der Waals surface area contributed by atoms with Crippen LogP contribution in [-0.2, 0) is 0 Å². The predicted octanol–water partition coefficient (Wildman–Crippen LogP) is -0.596. The van der Waals surface area contributed by atoms with Crippen molar-refractivity contribution in [3.8, 4) is 5.82 Å². The number of hydrogen-bond donors (Lipinski definition) is 2. The highest BCUT2D eigenvalue weighted by molar-refractivity contribution is 5.94. The van der Waals surface area contributed by atoms with E-state index in [9.17, 15) is 0 Å². The van der Waals surface area contributed by atoms with Gasteiger partial charge in [0.1, 0.15) is 6.33 Å². The van der Waals surface area contributed by atoms with Crippen LogP contribution in [0.4, 0.5) is 0 Å². The van der Waals surface area contributed by atoms with Gasteiger partial charge in [0.25, 0.3) is 0 Å². The highest BCUT2D eigenvalue weighted by Gasteiger charge is 2.14. The van der Waals surface area contributed by atoms with Crippen LogP contribution in [0.3, 0.4) is 0 Å². The monoisotopic (exact) mass is 244 g/mol. The molecule has 0 aliphatic rings. The molecule has 90 valence electrons. The Morgan fingerprint density at radius 2 is 2.11 bits per heavy atom. The van der Waals surface area contributed by atoms with Crippen LogP contribution in [0.25, 0.3) is 11.5 Å². The number of imidazole rings is 1. The highest BCUT2D eigenvalue weighted by atomic mass is 16.4. The molecule has 0 bridgehead atoms. The maximum atomic E-state index is 8.71. The van der Waals surface area contributed by atoms with E-state index in [2.05, 4.69) is 25.3 Å². The van der Waals surface area contributed by atoms with Crippen LogP contribution in [0.15, 0.2) is 36.3 Å². The fraction of sp³-hybridized carbons (Fsp3) is 0. The van der Waals surface area contributed by atoms with Gasteiger partial charge in [-0.2, -0.15) is 0 Å². The molecule has 0 amide bonds. The molecular weight excluding hydrogens is 236 g/mol. The molecule has 0 fully saturated rings. The molecule has 3 rings (SSSR count). The number of aromatic nitrogens is 6. The van der Waals surface area contributed by atoms with Crippen LogP contribution in [-0.4, -0.2) is 40.2 Å². The summed E-state index contributed by atoms with van der Waals surface area (Å²) in [4.78, 5) is 8.21. The number of oxime groups is 1. The van der Waals surface area contributed by atoms with Gasteiger partial charge in [0.05, 0.1) is 0 Å². The van der Waals surface area contributed by atoms with E-state index in [-0.39, 0.29) is 11.7 Å². The van der Waals surface area contributed by atoms with E-state index in [1.807, 2.05) is 0 Å². The Bertz CT molecular complexity index is 727. The Kier molecular flexibility index (Phi) is 2.15. The van der Waals surface area contributed by atoms with Gasteiger partial charge in [-0.1, -0.05) is 5.16 Å². The summed E-state index contributed by atoms with van der Waals surface area (Å²) in [5.41, 5.74) is 6.09. The minimum absolute atomic E-state index is 0.108. The van der Waals surface area contributed by atoms with Gasteiger partial charge < -0.3 is 10.9 Å². The molecule has 0 saturated heterocycles. The lowest BCUT2D eigenvalue weighted by Crippen LogP contribution is -2.19. The van der Waals surface area contributed by atoms with Crippen molar-refractivity contribution >= 4 is 11.5 Å². The number of rotatable bonds is 2. The third-order valence-electron chi connectivity index (χ3n) is 2.40. The zero-order valence-corrected chi connectivity index (χ0v) is 9.04. The van der Waals surface area contributed by atoms with Gasteiger partial charge in [-0.25, -0.2) is 9.97 Å². The van der Waals surface area contributed by atoms with E-state index in [0.29, 0.717) is 11.5 Å². The smallest absolute Gasteiger partial charge is 0.206 e. The van der Waals surface area contributed by atoms with E-state index in [1.54, 1.807) is 33.9 Å². The van der Waals surface area contributed by atoms with Gasteiger partial charge in [-0.05, 0) is 0 Å². The normalized spacial score (nSPS) is 12.1. The first-order valence-corrected chi connectivity index (χ1v) is 4.97. The van der Waals surface area contributed by atoms with E-state index in [1.165, 1.54) is 6.20 Å². The van der Waals surface area contributed by atoms with Crippen molar-refractivity contribution in [3.05, 3.63) is 36.9 Å². The van der Waals surface area contributed by atoms with Crippen LogP contribution >= 0.6 is 0 Å². The molecule has 9 heteroatoms. The van der Waals surface area contributed by atoms with Crippen LogP contribution in [0, 0.1) is 0 Å². The first kappa shape index (κ1) is 10.2. The fourth-order valence-electron chi connectivity index (χ4n) is 1.62. The molecule has 0 saturated carbocycles. The molecule has 3 N–H and O–H groups in total. The van der Waals surface area contributed by atoms with Crippen LogP contribution in [0.1, 0.15) is 5.82 Å². The number of nitrogens with zero attached hydrogens (tertiary/aromatic N) is 7. The number of nitrogens with two attached hydrogens (primary N) is 1. The van der Waals surface area contributed by atoms with Gasteiger partial charge in [0.15, 0.2) is 11.6 Å². The minimum atomic E-state index is -0.108. The highest BCUT2D eigenvalue weighted by Crippen LogP contribution is 2.12. The Morgan fingerprint density at radius 3 is 2.94 bits per heavy atom. The fourth-order valence-corrected chi connectivity index (χ4v) is 1.62. The zero-order valence-electron chi connectivity index (χ0n) is 9.04. The summed E-state index contributed by atoms with van der Waals surface area (Å²) in [6.45, 7) is 0. The lowest BCUT2D eigenvalue weighted by molar-refractivity contribution is 0.318. The lowest BCUT2D eigenvalue weighted by atomic mass is 10.5. The number of amidine groups is 1.